The Morgan fingerprint density at radius 2 is 1.73 bits per heavy atom. The van der Waals surface area contributed by atoms with E-state index in [0.29, 0.717) is 33.8 Å². The van der Waals surface area contributed by atoms with Gasteiger partial charge in [0.25, 0.3) is 0 Å². The molecule has 1 aliphatic rings. The lowest BCUT2D eigenvalue weighted by Gasteiger charge is -2.33. The van der Waals surface area contributed by atoms with E-state index in [2.05, 4.69) is 15.6 Å². The van der Waals surface area contributed by atoms with Gasteiger partial charge >= 0.3 is 0 Å². The van der Waals surface area contributed by atoms with Crippen LogP contribution in [0.1, 0.15) is 43.7 Å². The number of hydrogen-bond acceptors (Lipinski definition) is 7. The summed E-state index contributed by atoms with van der Waals surface area (Å²) in [6.45, 7) is -0.153. The molecule has 10 heteroatoms. The van der Waals surface area contributed by atoms with Crippen molar-refractivity contribution in [1.29, 1.82) is 0 Å². The van der Waals surface area contributed by atoms with Crippen LogP contribution in [-0.4, -0.2) is 52.2 Å². The van der Waals surface area contributed by atoms with Gasteiger partial charge in [-0.05, 0) is 54.8 Å². The summed E-state index contributed by atoms with van der Waals surface area (Å²) in [5.74, 6) is 0.298. The van der Waals surface area contributed by atoms with Crippen LogP contribution in [0, 0.1) is 0 Å². The Balaban J connectivity index is 1.60. The fourth-order valence-corrected chi connectivity index (χ4v) is 5.25. The predicted molar refractivity (Wildman–Crippen MR) is 150 cm³/mol. The molecule has 1 saturated carbocycles. The van der Waals surface area contributed by atoms with Gasteiger partial charge in [-0.3, -0.25) is 14.5 Å². The topological polar surface area (TPSA) is 119 Å². The largest absolute Gasteiger partial charge is 0.508 e. The van der Waals surface area contributed by atoms with Gasteiger partial charge in [-0.25, -0.2) is 4.68 Å². The monoisotopic (exact) mass is 543 g/mol. The number of phenols is 1. The number of methoxy groups -OCH3 is 2. The molecule has 1 heterocycles. The summed E-state index contributed by atoms with van der Waals surface area (Å²) in [7, 11) is 3.05. The molecular formula is C30H33N5O5. The number of amides is 2. The molecule has 0 saturated heterocycles. The zero-order valence-corrected chi connectivity index (χ0v) is 22.6. The van der Waals surface area contributed by atoms with E-state index in [1.165, 1.54) is 35.9 Å². The number of rotatable bonds is 9. The highest BCUT2D eigenvalue weighted by Crippen LogP contribution is 2.36. The summed E-state index contributed by atoms with van der Waals surface area (Å²) in [6, 6.07) is 17.8. The number of aromatic hydroxyl groups is 1. The van der Waals surface area contributed by atoms with E-state index in [-0.39, 0.29) is 30.2 Å². The molecule has 2 amide bonds. The first-order valence-electron chi connectivity index (χ1n) is 13.4. The minimum Gasteiger partial charge on any atom is -0.508 e. The number of anilines is 1. The number of ether oxygens (including phenoxy) is 2. The zero-order valence-electron chi connectivity index (χ0n) is 22.6. The van der Waals surface area contributed by atoms with Crippen molar-refractivity contribution in [3.05, 3.63) is 72.3 Å². The van der Waals surface area contributed by atoms with Crippen molar-refractivity contribution >= 4 is 28.5 Å². The van der Waals surface area contributed by atoms with Crippen LogP contribution in [-0.2, 0) is 16.1 Å². The Bertz CT molecular complexity index is 1480. The van der Waals surface area contributed by atoms with Crippen LogP contribution in [0.5, 0.6) is 17.2 Å². The molecule has 4 aromatic rings. The summed E-state index contributed by atoms with van der Waals surface area (Å²) in [5.41, 5.74) is 2.37. The third kappa shape index (κ3) is 5.70. The average molecular weight is 544 g/mol. The molecule has 3 aromatic carbocycles. The molecule has 10 nitrogen and oxygen atoms in total. The molecule has 1 aliphatic carbocycles. The molecule has 0 aliphatic heterocycles. The second kappa shape index (κ2) is 12.1. The van der Waals surface area contributed by atoms with Crippen molar-refractivity contribution in [2.24, 2.45) is 0 Å². The molecule has 1 unspecified atom stereocenters. The standard InChI is InChI=1S/C30H33N5O5/c1-39-26-17-14-22(18-27(26)40-2)35(28(37)19-34-25-11-7-6-10-24(25)32-33-34)29(20-12-15-23(36)16-13-20)30(38)31-21-8-4-3-5-9-21/h6-7,10-18,21,29,36H,3-5,8-9,19H2,1-2H3,(H,31,38). The lowest BCUT2D eigenvalue weighted by atomic mass is 9.94. The van der Waals surface area contributed by atoms with Crippen molar-refractivity contribution in [2.45, 2.75) is 50.7 Å². The van der Waals surface area contributed by atoms with Crippen LogP contribution in [0.4, 0.5) is 5.69 Å². The number of carbonyl (C=O) groups excluding carboxylic acids is 2. The maximum absolute atomic E-state index is 14.2. The number of nitrogens with one attached hydrogen (secondary N) is 1. The highest BCUT2D eigenvalue weighted by molar-refractivity contribution is 6.02. The lowest BCUT2D eigenvalue weighted by molar-refractivity contribution is -0.127. The molecule has 1 fully saturated rings. The molecule has 2 N–H and O–H groups in total. The number of fused-ring (bicyclic) bond motifs is 1. The average Bonchev–Trinajstić information content (AvgIpc) is 3.39. The number of nitrogens with zero attached hydrogens (tertiary/aromatic N) is 4. The second-order valence-corrected chi connectivity index (χ2v) is 9.88. The van der Waals surface area contributed by atoms with E-state index in [0.717, 1.165) is 32.1 Å². The van der Waals surface area contributed by atoms with Crippen LogP contribution >= 0.6 is 0 Å². The van der Waals surface area contributed by atoms with Crippen LogP contribution < -0.4 is 19.7 Å². The fourth-order valence-electron chi connectivity index (χ4n) is 5.25. The Labute approximate surface area is 232 Å². The summed E-state index contributed by atoms with van der Waals surface area (Å²) >= 11 is 0. The van der Waals surface area contributed by atoms with Crippen LogP contribution in [0.15, 0.2) is 66.7 Å². The van der Waals surface area contributed by atoms with E-state index in [9.17, 15) is 14.7 Å². The van der Waals surface area contributed by atoms with Gasteiger partial charge in [0, 0.05) is 17.8 Å². The Kier molecular flexibility index (Phi) is 8.14. The fraction of sp³-hybridized carbons (Fsp3) is 0.333. The van der Waals surface area contributed by atoms with E-state index in [1.54, 1.807) is 30.3 Å². The summed E-state index contributed by atoms with van der Waals surface area (Å²) < 4.78 is 12.5. The molecule has 208 valence electrons. The lowest BCUT2D eigenvalue weighted by Crippen LogP contribution is -2.48. The van der Waals surface area contributed by atoms with Gasteiger partial charge in [-0.2, -0.15) is 0 Å². The maximum atomic E-state index is 14.2. The molecule has 0 spiro atoms. The van der Waals surface area contributed by atoms with Gasteiger partial charge in [-0.15, -0.1) is 5.10 Å². The summed E-state index contributed by atoms with van der Waals surface area (Å²) in [5, 5.41) is 21.5. The Hall–Kier alpha value is -4.60. The molecule has 0 radical (unpaired) electrons. The van der Waals surface area contributed by atoms with Gasteiger partial charge in [-0.1, -0.05) is 48.7 Å². The summed E-state index contributed by atoms with van der Waals surface area (Å²) in [6.07, 6.45) is 5.03. The van der Waals surface area contributed by atoms with E-state index >= 15 is 0 Å². The minimum atomic E-state index is -1.03. The number of para-hydroxylation sites is 1. The smallest absolute Gasteiger partial charge is 0.249 e. The molecule has 5 rings (SSSR count). The van der Waals surface area contributed by atoms with Crippen LogP contribution in [0.3, 0.4) is 0 Å². The first-order valence-corrected chi connectivity index (χ1v) is 13.4. The van der Waals surface area contributed by atoms with Crippen molar-refractivity contribution < 1.29 is 24.2 Å². The molecule has 0 bridgehead atoms. The molecule has 1 atom stereocenters. The molecule has 40 heavy (non-hydrogen) atoms. The third-order valence-electron chi connectivity index (χ3n) is 7.29. The molecule has 1 aromatic heterocycles. The van der Waals surface area contributed by atoms with Crippen molar-refractivity contribution in [2.75, 3.05) is 19.1 Å². The van der Waals surface area contributed by atoms with Gasteiger partial charge in [0.05, 0.1) is 19.7 Å². The quantitative estimate of drug-likeness (QED) is 0.322. The SMILES string of the molecule is COc1ccc(N(C(=O)Cn2nnc3ccccc32)C(C(=O)NC2CCCCC2)c2ccc(O)cc2)cc1OC. The number of hydrogen-bond donors (Lipinski definition) is 2. The second-order valence-electron chi connectivity index (χ2n) is 9.88. The Morgan fingerprint density at radius 3 is 2.45 bits per heavy atom. The molecular weight excluding hydrogens is 510 g/mol. The number of benzene rings is 3. The van der Waals surface area contributed by atoms with Crippen LogP contribution in [0.25, 0.3) is 11.0 Å². The van der Waals surface area contributed by atoms with E-state index in [4.69, 9.17) is 9.47 Å². The van der Waals surface area contributed by atoms with E-state index in [1.807, 2.05) is 24.3 Å². The highest BCUT2D eigenvalue weighted by Gasteiger charge is 2.35. The first-order chi connectivity index (χ1) is 19.5. The minimum absolute atomic E-state index is 0.0301. The van der Waals surface area contributed by atoms with E-state index < -0.39 is 6.04 Å². The maximum Gasteiger partial charge on any atom is 0.249 e. The predicted octanol–water partition coefficient (Wildman–Crippen LogP) is 4.38. The van der Waals surface area contributed by atoms with Gasteiger partial charge in [0.15, 0.2) is 11.5 Å². The normalized spacial score (nSPS) is 14.4. The van der Waals surface area contributed by atoms with Crippen molar-refractivity contribution in [3.8, 4) is 17.2 Å². The zero-order chi connectivity index (χ0) is 28.1. The number of carbonyl (C=O) groups is 2. The highest BCUT2D eigenvalue weighted by atomic mass is 16.5. The van der Waals surface area contributed by atoms with Gasteiger partial charge < -0.3 is 19.9 Å². The summed E-state index contributed by atoms with van der Waals surface area (Å²) in [4.78, 5) is 29.7. The van der Waals surface area contributed by atoms with Gasteiger partial charge in [0.1, 0.15) is 23.9 Å². The first kappa shape index (κ1) is 27.0. The Morgan fingerprint density at radius 1 is 1.00 bits per heavy atom. The third-order valence-corrected chi connectivity index (χ3v) is 7.29. The van der Waals surface area contributed by atoms with Crippen LogP contribution in [0.2, 0.25) is 0 Å². The number of phenolic OH excluding ortho intramolecular Hbond substituents is 1. The van der Waals surface area contributed by atoms with Crippen molar-refractivity contribution in [3.63, 3.8) is 0 Å². The van der Waals surface area contributed by atoms with Crippen molar-refractivity contribution in [1.82, 2.24) is 20.3 Å². The van der Waals surface area contributed by atoms with Gasteiger partial charge in [0.2, 0.25) is 11.8 Å². The number of aromatic nitrogens is 3.